The quantitative estimate of drug-likeness (QED) is 0.578. The fourth-order valence-electron chi connectivity index (χ4n) is 1.12. The van der Waals surface area contributed by atoms with Crippen LogP contribution in [-0.4, -0.2) is 24.4 Å². The van der Waals surface area contributed by atoms with Gasteiger partial charge in [-0.05, 0) is 19.3 Å². The highest BCUT2D eigenvalue weighted by Gasteiger charge is 2.60. The fourth-order valence-corrected chi connectivity index (χ4v) is 1.12. The molecule has 0 bridgehead atoms. The van der Waals surface area contributed by atoms with E-state index in [-0.39, 0.29) is 13.0 Å². The van der Waals surface area contributed by atoms with E-state index in [9.17, 15) is 22.0 Å². The molecule has 0 saturated heterocycles. The van der Waals surface area contributed by atoms with E-state index < -0.39 is 17.8 Å². The van der Waals surface area contributed by atoms with Crippen molar-refractivity contribution in [1.29, 1.82) is 0 Å². The Kier molecular flexibility index (Phi) is 2.58. The molecule has 0 spiro atoms. The minimum Gasteiger partial charge on any atom is -0.287 e. The lowest BCUT2D eigenvalue weighted by molar-refractivity contribution is -0.250. The average Bonchev–Trinajstić information content (AvgIpc) is 2.04. The van der Waals surface area contributed by atoms with Crippen LogP contribution in [0.25, 0.3) is 0 Å². The molecule has 1 aliphatic heterocycles. The van der Waals surface area contributed by atoms with E-state index in [1.807, 2.05) is 0 Å². The van der Waals surface area contributed by atoms with Gasteiger partial charge in [-0.15, -0.1) is 0 Å². The van der Waals surface area contributed by atoms with Crippen LogP contribution in [0.1, 0.15) is 19.3 Å². The van der Waals surface area contributed by atoms with Gasteiger partial charge in [-0.2, -0.15) is 22.0 Å². The molecule has 0 N–H and O–H groups in total. The molecule has 1 aliphatic rings. The Morgan fingerprint density at radius 1 is 1.00 bits per heavy atom. The first-order valence-electron chi connectivity index (χ1n) is 3.84. The van der Waals surface area contributed by atoms with E-state index >= 15 is 0 Å². The third-order valence-electron chi connectivity index (χ3n) is 1.84. The standard InChI is InChI=1S/C7H8F5N/c8-6(9,7(10,11)12)5-3-1-2-4-13-5/h1-4H2. The zero-order valence-electron chi connectivity index (χ0n) is 6.67. The summed E-state index contributed by atoms with van der Waals surface area (Å²) < 4.78 is 60.5. The van der Waals surface area contributed by atoms with Gasteiger partial charge in [-0.3, -0.25) is 4.99 Å². The maximum atomic E-state index is 12.6. The van der Waals surface area contributed by atoms with Crippen molar-refractivity contribution in [3.63, 3.8) is 0 Å². The van der Waals surface area contributed by atoms with Crippen LogP contribution in [0.15, 0.2) is 4.99 Å². The molecule has 0 atom stereocenters. The Bertz CT molecular complexity index is 217. The van der Waals surface area contributed by atoms with Crippen molar-refractivity contribution in [2.75, 3.05) is 6.54 Å². The van der Waals surface area contributed by atoms with E-state index in [1.54, 1.807) is 0 Å². The summed E-state index contributed by atoms with van der Waals surface area (Å²) in [7, 11) is 0. The summed E-state index contributed by atoms with van der Waals surface area (Å²) in [5, 5.41) is 0. The van der Waals surface area contributed by atoms with Gasteiger partial charge in [0.05, 0.1) is 5.71 Å². The van der Waals surface area contributed by atoms with Gasteiger partial charge in [-0.25, -0.2) is 0 Å². The Morgan fingerprint density at radius 2 is 1.62 bits per heavy atom. The predicted octanol–water partition coefficient (Wildman–Crippen LogP) is 2.81. The summed E-state index contributed by atoms with van der Waals surface area (Å²) >= 11 is 0. The van der Waals surface area contributed by atoms with Gasteiger partial charge in [0.15, 0.2) is 0 Å². The van der Waals surface area contributed by atoms with E-state index in [4.69, 9.17) is 0 Å². The highest BCUT2D eigenvalue weighted by Crippen LogP contribution is 2.38. The van der Waals surface area contributed by atoms with Gasteiger partial charge in [0.2, 0.25) is 0 Å². The average molecular weight is 201 g/mol. The van der Waals surface area contributed by atoms with Crippen LogP contribution in [-0.2, 0) is 0 Å². The van der Waals surface area contributed by atoms with Crippen molar-refractivity contribution in [2.45, 2.75) is 31.4 Å². The third-order valence-corrected chi connectivity index (χ3v) is 1.84. The minimum atomic E-state index is -5.51. The van der Waals surface area contributed by atoms with Crippen molar-refractivity contribution in [3.8, 4) is 0 Å². The maximum Gasteiger partial charge on any atom is 0.459 e. The van der Waals surface area contributed by atoms with Crippen LogP contribution < -0.4 is 0 Å². The molecule has 0 fully saturated rings. The second kappa shape index (κ2) is 3.23. The Morgan fingerprint density at radius 3 is 2.00 bits per heavy atom. The lowest BCUT2D eigenvalue weighted by atomic mass is 10.0. The van der Waals surface area contributed by atoms with Crippen molar-refractivity contribution in [3.05, 3.63) is 0 Å². The zero-order chi connectivity index (χ0) is 10.1. The van der Waals surface area contributed by atoms with Gasteiger partial charge in [-0.1, -0.05) is 0 Å². The third kappa shape index (κ3) is 1.97. The molecule has 1 nitrogen and oxygen atoms in total. The summed E-state index contributed by atoms with van der Waals surface area (Å²) in [6.07, 6.45) is -4.84. The molecule has 0 aromatic heterocycles. The zero-order valence-corrected chi connectivity index (χ0v) is 6.67. The van der Waals surface area contributed by atoms with Crippen molar-refractivity contribution in [2.24, 2.45) is 4.99 Å². The second-order valence-electron chi connectivity index (χ2n) is 2.86. The van der Waals surface area contributed by atoms with E-state index in [1.165, 1.54) is 0 Å². The molecule has 0 unspecified atom stereocenters. The minimum absolute atomic E-state index is 0.0704. The van der Waals surface area contributed by atoms with Crippen LogP contribution in [0.4, 0.5) is 22.0 Å². The molecule has 76 valence electrons. The van der Waals surface area contributed by atoms with Gasteiger partial charge in [0.25, 0.3) is 0 Å². The van der Waals surface area contributed by atoms with E-state index in [0.29, 0.717) is 12.8 Å². The molecule has 0 aromatic carbocycles. The van der Waals surface area contributed by atoms with E-state index in [2.05, 4.69) is 4.99 Å². The van der Waals surface area contributed by atoms with Crippen LogP contribution in [0.5, 0.6) is 0 Å². The normalized spacial score (nSPS) is 19.9. The van der Waals surface area contributed by atoms with Crippen molar-refractivity contribution >= 4 is 5.71 Å². The summed E-state index contributed by atoms with van der Waals surface area (Å²) in [6, 6.07) is 0. The molecular weight excluding hydrogens is 193 g/mol. The van der Waals surface area contributed by atoms with Crippen LogP contribution in [0.3, 0.4) is 0 Å². The molecule has 13 heavy (non-hydrogen) atoms. The molecule has 0 radical (unpaired) electrons. The monoisotopic (exact) mass is 201 g/mol. The van der Waals surface area contributed by atoms with Gasteiger partial charge >= 0.3 is 12.1 Å². The van der Waals surface area contributed by atoms with Crippen molar-refractivity contribution < 1.29 is 22.0 Å². The molecule has 6 heteroatoms. The van der Waals surface area contributed by atoms with Crippen LogP contribution in [0, 0.1) is 0 Å². The maximum absolute atomic E-state index is 12.6. The lowest BCUT2D eigenvalue weighted by Crippen LogP contribution is -2.44. The fraction of sp³-hybridized carbons (Fsp3) is 0.857. The first-order valence-corrected chi connectivity index (χ1v) is 3.84. The molecule has 0 aromatic rings. The lowest BCUT2D eigenvalue weighted by Gasteiger charge is -2.23. The molecule has 1 heterocycles. The Balaban J connectivity index is 2.85. The highest BCUT2D eigenvalue weighted by atomic mass is 19.4. The first-order chi connectivity index (χ1) is 5.86. The smallest absolute Gasteiger partial charge is 0.287 e. The number of hydrogen-bond acceptors (Lipinski definition) is 1. The summed E-state index contributed by atoms with van der Waals surface area (Å²) in [5.74, 6) is -4.74. The van der Waals surface area contributed by atoms with Gasteiger partial charge < -0.3 is 0 Å². The predicted molar refractivity (Wildman–Crippen MR) is 37.2 cm³/mol. The molecule has 0 aliphatic carbocycles. The molecule has 1 rings (SSSR count). The Labute approximate surface area is 71.6 Å². The van der Waals surface area contributed by atoms with Gasteiger partial charge in [0, 0.05) is 6.54 Å². The summed E-state index contributed by atoms with van der Waals surface area (Å²) in [6.45, 7) is 0.0704. The number of rotatable bonds is 1. The number of halogens is 5. The SMILES string of the molecule is FC(F)(F)C(F)(F)C1=NCCCC1. The van der Waals surface area contributed by atoms with Gasteiger partial charge in [0.1, 0.15) is 0 Å². The molecule has 0 saturated carbocycles. The number of nitrogens with zero attached hydrogens (tertiary/aromatic N) is 1. The van der Waals surface area contributed by atoms with Crippen LogP contribution >= 0.6 is 0 Å². The largest absolute Gasteiger partial charge is 0.459 e. The molecular formula is C7H8F5N. The first kappa shape index (κ1) is 10.4. The second-order valence-corrected chi connectivity index (χ2v) is 2.86. The number of alkyl halides is 5. The summed E-state index contributed by atoms with van der Waals surface area (Å²) in [4.78, 5) is 3.21. The summed E-state index contributed by atoms with van der Waals surface area (Å²) in [5.41, 5.74) is -1.02. The van der Waals surface area contributed by atoms with E-state index in [0.717, 1.165) is 0 Å². The highest BCUT2D eigenvalue weighted by molar-refractivity contribution is 5.92. The molecule has 0 amide bonds. The Hall–Kier alpha value is -0.680. The van der Waals surface area contributed by atoms with Crippen LogP contribution in [0.2, 0.25) is 0 Å². The number of aliphatic imine (C=N–C) groups is 1. The van der Waals surface area contributed by atoms with Crippen molar-refractivity contribution in [1.82, 2.24) is 0 Å². The topological polar surface area (TPSA) is 12.4 Å². The number of hydrogen-bond donors (Lipinski definition) is 0.